The highest BCUT2D eigenvalue weighted by Gasteiger charge is 2.27. The molecule has 21 heavy (non-hydrogen) atoms. The standard InChI is InChI=1S/C8H6O4.C8H20P/c9-7(10)5-3-1-2-4-6(5)8(11)12;1-5-9(6-2,7-3)8-4/h1-4H,(H,9,10)(H,11,12);5-8H2,1-4H3/q;+1/p-1. The van der Waals surface area contributed by atoms with Crippen LogP contribution in [0.15, 0.2) is 24.3 Å². The van der Waals surface area contributed by atoms with E-state index in [1.165, 1.54) is 48.9 Å². The number of carbonyl (C=O) groups excluding carboxylic acids is 1. The largest absolute Gasteiger partial charge is 0.545 e. The van der Waals surface area contributed by atoms with Crippen LogP contribution < -0.4 is 5.11 Å². The van der Waals surface area contributed by atoms with Crippen LogP contribution in [0.3, 0.4) is 0 Å². The van der Waals surface area contributed by atoms with Crippen molar-refractivity contribution in [3.63, 3.8) is 0 Å². The first-order valence-electron chi connectivity index (χ1n) is 7.26. The number of rotatable bonds is 6. The highest BCUT2D eigenvalue weighted by molar-refractivity contribution is 7.75. The van der Waals surface area contributed by atoms with Gasteiger partial charge in [0.2, 0.25) is 0 Å². The molecule has 0 fully saturated rings. The average molecular weight is 312 g/mol. The molecule has 0 aliphatic carbocycles. The molecule has 0 bridgehead atoms. The Hall–Kier alpha value is -1.41. The van der Waals surface area contributed by atoms with Gasteiger partial charge in [-0.15, -0.1) is 0 Å². The monoisotopic (exact) mass is 312 g/mol. The van der Waals surface area contributed by atoms with E-state index in [0.29, 0.717) is 0 Å². The minimum absolute atomic E-state index is 0.252. The normalized spacial score (nSPS) is 10.5. The molecule has 0 saturated heterocycles. The summed E-state index contributed by atoms with van der Waals surface area (Å²) < 4.78 is 0. The van der Waals surface area contributed by atoms with Crippen molar-refractivity contribution in [3.8, 4) is 0 Å². The van der Waals surface area contributed by atoms with Crippen molar-refractivity contribution in [2.24, 2.45) is 0 Å². The van der Waals surface area contributed by atoms with Crippen molar-refractivity contribution in [2.45, 2.75) is 27.7 Å². The van der Waals surface area contributed by atoms with Crippen LogP contribution in [0.2, 0.25) is 0 Å². The van der Waals surface area contributed by atoms with Gasteiger partial charge >= 0.3 is 5.97 Å². The zero-order valence-corrected chi connectivity index (χ0v) is 14.2. The predicted octanol–water partition coefficient (Wildman–Crippen LogP) is 2.83. The third-order valence-corrected chi connectivity index (χ3v) is 9.43. The summed E-state index contributed by atoms with van der Waals surface area (Å²) in [6, 6.07) is 5.31. The van der Waals surface area contributed by atoms with Crippen LogP contribution in [0.1, 0.15) is 48.4 Å². The highest BCUT2D eigenvalue weighted by Crippen LogP contribution is 2.57. The van der Waals surface area contributed by atoms with Gasteiger partial charge in [-0.25, -0.2) is 4.79 Å². The number of hydrogen-bond acceptors (Lipinski definition) is 3. The van der Waals surface area contributed by atoms with E-state index in [2.05, 4.69) is 27.7 Å². The van der Waals surface area contributed by atoms with Gasteiger partial charge in [-0.3, -0.25) is 0 Å². The first kappa shape index (κ1) is 19.6. The second-order valence-electron chi connectivity index (χ2n) is 4.74. The molecule has 1 N–H and O–H groups in total. The van der Waals surface area contributed by atoms with Crippen molar-refractivity contribution in [1.29, 1.82) is 0 Å². The fraction of sp³-hybridized carbons (Fsp3) is 0.500. The SMILES string of the molecule is CC[P+](CC)(CC)CC.O=C([O-])c1ccccc1C(=O)O. The molecule has 0 heterocycles. The van der Waals surface area contributed by atoms with Crippen LogP contribution in [0.5, 0.6) is 0 Å². The summed E-state index contributed by atoms with van der Waals surface area (Å²) in [7, 11) is -0.420. The quantitative estimate of drug-likeness (QED) is 0.819. The van der Waals surface area contributed by atoms with Gasteiger partial charge in [0.1, 0.15) is 0 Å². The van der Waals surface area contributed by atoms with Gasteiger partial charge < -0.3 is 15.0 Å². The molecule has 118 valence electrons. The molecule has 0 radical (unpaired) electrons. The maximum absolute atomic E-state index is 10.4. The van der Waals surface area contributed by atoms with E-state index in [-0.39, 0.29) is 11.1 Å². The minimum atomic E-state index is -1.48. The van der Waals surface area contributed by atoms with Crippen molar-refractivity contribution in [1.82, 2.24) is 0 Å². The van der Waals surface area contributed by atoms with Gasteiger partial charge in [-0.05, 0) is 33.8 Å². The molecular weight excluding hydrogens is 287 g/mol. The lowest BCUT2D eigenvalue weighted by Gasteiger charge is -2.20. The number of hydrogen-bond donors (Lipinski definition) is 1. The molecule has 0 aliphatic rings. The maximum Gasteiger partial charge on any atom is 0.336 e. The van der Waals surface area contributed by atoms with E-state index < -0.39 is 19.2 Å². The average Bonchev–Trinajstić information content (AvgIpc) is 2.50. The molecular formula is C16H25O4P. The predicted molar refractivity (Wildman–Crippen MR) is 86.8 cm³/mol. The Morgan fingerprint density at radius 3 is 1.52 bits per heavy atom. The summed E-state index contributed by atoms with van der Waals surface area (Å²) in [6.45, 7) is 9.41. The zero-order chi connectivity index (χ0) is 16.5. The summed E-state index contributed by atoms with van der Waals surface area (Å²) in [5, 5.41) is 18.9. The molecule has 1 aromatic carbocycles. The first-order valence-corrected chi connectivity index (χ1v) is 9.79. The first-order chi connectivity index (χ1) is 9.87. The van der Waals surface area contributed by atoms with Crippen molar-refractivity contribution in [2.75, 3.05) is 24.6 Å². The number of carboxylic acid groups (broad SMARTS) is 2. The molecule has 4 nitrogen and oxygen atoms in total. The highest BCUT2D eigenvalue weighted by atomic mass is 31.2. The third kappa shape index (κ3) is 5.84. The number of aromatic carboxylic acids is 2. The number of benzene rings is 1. The second kappa shape index (κ2) is 9.51. The van der Waals surface area contributed by atoms with E-state index in [1.807, 2.05) is 0 Å². The minimum Gasteiger partial charge on any atom is -0.545 e. The molecule has 0 aromatic heterocycles. The van der Waals surface area contributed by atoms with Gasteiger partial charge in [0.15, 0.2) is 0 Å². The smallest absolute Gasteiger partial charge is 0.336 e. The summed E-state index contributed by atoms with van der Waals surface area (Å²) in [6.07, 6.45) is 5.82. The third-order valence-electron chi connectivity index (χ3n) is 4.06. The molecule has 1 rings (SSSR count). The second-order valence-corrected chi connectivity index (χ2v) is 9.96. The van der Waals surface area contributed by atoms with Gasteiger partial charge in [-0.2, -0.15) is 0 Å². The lowest BCUT2D eigenvalue weighted by atomic mass is 10.1. The lowest BCUT2D eigenvalue weighted by molar-refractivity contribution is -0.255. The Kier molecular flexibility index (Phi) is 8.87. The summed E-state index contributed by atoms with van der Waals surface area (Å²) >= 11 is 0. The summed E-state index contributed by atoms with van der Waals surface area (Å²) in [5.41, 5.74) is -0.553. The fourth-order valence-corrected chi connectivity index (χ4v) is 4.87. The Morgan fingerprint density at radius 2 is 1.33 bits per heavy atom. The van der Waals surface area contributed by atoms with Crippen LogP contribution in [0, 0.1) is 0 Å². The van der Waals surface area contributed by atoms with Crippen LogP contribution >= 0.6 is 7.26 Å². The van der Waals surface area contributed by atoms with E-state index in [0.717, 1.165) is 0 Å². The Morgan fingerprint density at radius 1 is 0.952 bits per heavy atom. The van der Waals surface area contributed by atoms with Crippen molar-refractivity contribution < 1.29 is 19.8 Å². The Balaban J connectivity index is 0.000000400. The zero-order valence-electron chi connectivity index (χ0n) is 13.3. The summed E-state index contributed by atoms with van der Waals surface area (Å²) in [4.78, 5) is 20.8. The molecule has 1 aromatic rings. The molecule has 0 amide bonds. The number of carbonyl (C=O) groups is 2. The summed E-state index contributed by atoms with van der Waals surface area (Å²) in [5.74, 6) is -2.75. The van der Waals surface area contributed by atoms with E-state index in [1.54, 1.807) is 0 Å². The molecule has 0 aliphatic heterocycles. The Labute approximate surface area is 127 Å². The maximum atomic E-state index is 10.4. The fourth-order valence-electron chi connectivity index (χ4n) is 2.19. The van der Waals surface area contributed by atoms with Gasteiger partial charge in [0.05, 0.1) is 36.2 Å². The van der Waals surface area contributed by atoms with Gasteiger partial charge in [-0.1, -0.05) is 18.2 Å². The van der Waals surface area contributed by atoms with Crippen LogP contribution in [-0.4, -0.2) is 41.7 Å². The lowest BCUT2D eigenvalue weighted by Crippen LogP contribution is -2.24. The molecule has 5 heteroatoms. The van der Waals surface area contributed by atoms with E-state index in [4.69, 9.17) is 5.11 Å². The van der Waals surface area contributed by atoms with Crippen molar-refractivity contribution >= 4 is 19.2 Å². The Bertz CT molecular complexity index is 417. The van der Waals surface area contributed by atoms with E-state index in [9.17, 15) is 14.7 Å². The molecule has 0 atom stereocenters. The topological polar surface area (TPSA) is 77.4 Å². The van der Waals surface area contributed by atoms with Crippen LogP contribution in [-0.2, 0) is 0 Å². The molecule has 0 spiro atoms. The molecule has 0 unspecified atom stereocenters. The van der Waals surface area contributed by atoms with Crippen LogP contribution in [0.25, 0.3) is 0 Å². The molecule has 0 saturated carbocycles. The van der Waals surface area contributed by atoms with Gasteiger partial charge in [0, 0.05) is 12.8 Å². The van der Waals surface area contributed by atoms with Gasteiger partial charge in [0.25, 0.3) is 0 Å². The number of carboxylic acids is 2. The van der Waals surface area contributed by atoms with Crippen molar-refractivity contribution in [3.05, 3.63) is 35.4 Å². The van der Waals surface area contributed by atoms with Crippen LogP contribution in [0.4, 0.5) is 0 Å². The van der Waals surface area contributed by atoms with E-state index >= 15 is 0 Å².